The predicted molar refractivity (Wildman–Crippen MR) is 94.6 cm³/mol. The number of nitrogens with zero attached hydrogens (tertiary/aromatic N) is 1. The van der Waals surface area contributed by atoms with Crippen LogP contribution in [0.1, 0.15) is 29.9 Å². The molecular weight excluding hydrogens is 427 g/mol. The molecule has 0 unspecified atom stereocenters. The number of hydrogen-bond acceptors (Lipinski definition) is 6. The molecule has 0 amide bonds. The van der Waals surface area contributed by atoms with Crippen molar-refractivity contribution >= 4 is 38.6 Å². The summed E-state index contributed by atoms with van der Waals surface area (Å²) in [6.07, 6.45) is -3.97. The number of ketones is 1. The number of benzene rings is 1. The molecule has 0 fully saturated rings. The summed E-state index contributed by atoms with van der Waals surface area (Å²) in [5.41, 5.74) is -2.38. The first kappa shape index (κ1) is 21.8. The Kier molecular flexibility index (Phi) is 6.05. The molecule has 0 aliphatic heterocycles. The average Bonchev–Trinajstić information content (AvgIpc) is 2.98. The molecule has 0 aliphatic carbocycles. The van der Waals surface area contributed by atoms with E-state index in [1.54, 1.807) is 0 Å². The van der Waals surface area contributed by atoms with Gasteiger partial charge in [0.25, 0.3) is 0 Å². The van der Waals surface area contributed by atoms with Crippen LogP contribution in [0.5, 0.6) is 0 Å². The first-order chi connectivity index (χ1) is 12.2. The van der Waals surface area contributed by atoms with E-state index < -0.39 is 45.1 Å². The van der Waals surface area contributed by atoms with Gasteiger partial charge in [-0.25, -0.2) is 13.4 Å². The number of aromatic nitrogens is 1. The summed E-state index contributed by atoms with van der Waals surface area (Å²) in [4.78, 5) is 16.1. The van der Waals surface area contributed by atoms with Crippen LogP contribution in [0.4, 0.5) is 13.2 Å². The van der Waals surface area contributed by atoms with Crippen LogP contribution >= 0.6 is 22.9 Å². The van der Waals surface area contributed by atoms with Crippen molar-refractivity contribution in [1.82, 2.24) is 4.98 Å². The van der Waals surface area contributed by atoms with Crippen LogP contribution in [0, 0.1) is 0 Å². The first-order valence-electron chi connectivity index (χ1n) is 7.49. The van der Waals surface area contributed by atoms with Crippen LogP contribution in [0.2, 0.25) is 5.02 Å². The van der Waals surface area contributed by atoms with Crippen LogP contribution in [0.25, 0.3) is 0 Å². The Hall–Kier alpha value is -1.49. The number of aliphatic hydroxyl groups is 1. The molecule has 0 radical (unpaired) electrons. The topological polar surface area (TPSA) is 84.3 Å². The van der Waals surface area contributed by atoms with E-state index in [0.717, 1.165) is 29.5 Å². The molecule has 1 aromatic heterocycles. The van der Waals surface area contributed by atoms with Crippen LogP contribution < -0.4 is 0 Å². The number of carbonyl (C=O) groups excluding carboxylic acids is 1. The maximum Gasteiger partial charge on any atom is 0.416 e. The van der Waals surface area contributed by atoms with E-state index in [-0.39, 0.29) is 14.9 Å². The van der Waals surface area contributed by atoms with E-state index in [0.29, 0.717) is 4.88 Å². The Balaban J connectivity index is 2.19. The molecule has 0 aliphatic rings. The largest absolute Gasteiger partial charge is 0.416 e. The number of Topliss-reactive ketones (excluding diaryl/α,β-unsaturated/α-hetero) is 1. The molecule has 2 aromatic rings. The minimum Gasteiger partial charge on any atom is -0.385 e. The molecule has 148 valence electrons. The van der Waals surface area contributed by atoms with Gasteiger partial charge in [0, 0.05) is 17.6 Å². The van der Waals surface area contributed by atoms with Gasteiger partial charge in [0.1, 0.15) is 5.75 Å². The van der Waals surface area contributed by atoms with Gasteiger partial charge in [-0.05, 0) is 37.6 Å². The number of rotatable bonds is 6. The summed E-state index contributed by atoms with van der Waals surface area (Å²) in [5, 5.41) is 9.81. The molecule has 0 saturated carbocycles. The average molecular weight is 442 g/mol. The highest BCUT2D eigenvalue weighted by molar-refractivity contribution is 7.94. The zero-order valence-electron chi connectivity index (χ0n) is 14.2. The fourth-order valence-electron chi connectivity index (χ4n) is 2.11. The van der Waals surface area contributed by atoms with Crippen molar-refractivity contribution < 1.29 is 31.5 Å². The Labute approximate surface area is 162 Å². The van der Waals surface area contributed by atoms with E-state index in [4.69, 9.17) is 11.6 Å². The molecule has 0 atom stereocenters. The van der Waals surface area contributed by atoms with Gasteiger partial charge in [0.15, 0.2) is 5.78 Å². The number of hydrogen-bond donors (Lipinski definition) is 1. The highest BCUT2D eigenvalue weighted by Gasteiger charge is 2.31. The molecule has 0 spiro atoms. The highest BCUT2D eigenvalue weighted by Crippen LogP contribution is 2.32. The molecule has 1 heterocycles. The number of alkyl halides is 3. The Morgan fingerprint density at radius 1 is 1.30 bits per heavy atom. The molecule has 27 heavy (non-hydrogen) atoms. The van der Waals surface area contributed by atoms with E-state index in [1.165, 1.54) is 20.0 Å². The molecule has 1 aromatic carbocycles. The number of sulfone groups is 1. The monoisotopic (exact) mass is 441 g/mol. The molecule has 0 bridgehead atoms. The van der Waals surface area contributed by atoms with Crippen molar-refractivity contribution in [2.75, 3.05) is 5.75 Å². The van der Waals surface area contributed by atoms with Crippen LogP contribution in [0.3, 0.4) is 0 Å². The van der Waals surface area contributed by atoms with Crippen molar-refractivity contribution in [3.63, 3.8) is 0 Å². The third-order valence-corrected chi connectivity index (χ3v) is 7.29. The Bertz CT molecular complexity index is 963. The smallest absolute Gasteiger partial charge is 0.385 e. The maximum absolute atomic E-state index is 12.8. The van der Waals surface area contributed by atoms with Gasteiger partial charge < -0.3 is 5.11 Å². The van der Waals surface area contributed by atoms with E-state index in [1.807, 2.05) is 0 Å². The van der Waals surface area contributed by atoms with Gasteiger partial charge >= 0.3 is 6.18 Å². The van der Waals surface area contributed by atoms with E-state index in [2.05, 4.69) is 4.98 Å². The van der Waals surface area contributed by atoms with Crippen molar-refractivity contribution in [2.45, 2.75) is 36.4 Å². The molecular formula is C16H15ClF3NO4S2. The number of carbonyl (C=O) groups is 1. The summed E-state index contributed by atoms with van der Waals surface area (Å²) in [7, 11) is -4.09. The van der Waals surface area contributed by atoms with Gasteiger partial charge in [-0.3, -0.25) is 4.79 Å². The summed E-state index contributed by atoms with van der Waals surface area (Å²) < 4.78 is 62.6. The molecule has 2 rings (SSSR count). The van der Waals surface area contributed by atoms with Gasteiger partial charge in [0.2, 0.25) is 14.2 Å². The minimum absolute atomic E-state index is 0.0627. The number of halogens is 4. The standard InChI is InChI=1S/C16H15ClF3NO4S2/c1-15(2,23)13-7-21-14(26-13)27(24,25)8-11(22)6-9-5-10(16(18,19)20)3-4-12(9)17/h3-5,7,23H,6,8H2,1-2H3. The van der Waals surface area contributed by atoms with Crippen molar-refractivity contribution in [2.24, 2.45) is 0 Å². The van der Waals surface area contributed by atoms with Crippen molar-refractivity contribution in [3.8, 4) is 0 Å². The van der Waals surface area contributed by atoms with Crippen LogP contribution in [0.15, 0.2) is 28.7 Å². The fraction of sp³-hybridized carbons (Fsp3) is 0.375. The maximum atomic E-state index is 12.8. The van der Waals surface area contributed by atoms with E-state index in [9.17, 15) is 31.5 Å². The zero-order valence-corrected chi connectivity index (χ0v) is 16.6. The van der Waals surface area contributed by atoms with E-state index >= 15 is 0 Å². The second kappa shape index (κ2) is 7.50. The second-order valence-electron chi connectivity index (χ2n) is 6.33. The van der Waals surface area contributed by atoms with Crippen LogP contribution in [-0.4, -0.2) is 30.0 Å². The lowest BCUT2D eigenvalue weighted by molar-refractivity contribution is -0.137. The van der Waals surface area contributed by atoms with Gasteiger partial charge in [-0.1, -0.05) is 11.6 Å². The molecule has 11 heteroatoms. The molecule has 0 saturated heterocycles. The zero-order chi connectivity index (χ0) is 20.6. The Morgan fingerprint density at radius 3 is 2.44 bits per heavy atom. The SMILES string of the molecule is CC(C)(O)c1cnc(S(=O)(=O)CC(=O)Cc2cc(C(F)(F)F)ccc2Cl)s1. The minimum atomic E-state index is -4.61. The van der Waals surface area contributed by atoms with Gasteiger partial charge in [-0.2, -0.15) is 13.2 Å². The second-order valence-corrected chi connectivity index (χ2v) is 9.93. The van der Waals surface area contributed by atoms with Gasteiger partial charge in [-0.15, -0.1) is 11.3 Å². The van der Waals surface area contributed by atoms with Crippen molar-refractivity contribution in [1.29, 1.82) is 0 Å². The molecule has 5 nitrogen and oxygen atoms in total. The summed E-state index contributed by atoms with van der Waals surface area (Å²) in [6.45, 7) is 2.91. The normalized spacial score (nSPS) is 13.0. The fourth-order valence-corrected chi connectivity index (χ4v) is 4.76. The first-order valence-corrected chi connectivity index (χ1v) is 10.3. The third-order valence-electron chi connectivity index (χ3n) is 3.47. The highest BCUT2D eigenvalue weighted by atomic mass is 35.5. The third kappa shape index (κ3) is 5.50. The lowest BCUT2D eigenvalue weighted by Gasteiger charge is -2.13. The Morgan fingerprint density at radius 2 is 1.93 bits per heavy atom. The summed E-state index contributed by atoms with van der Waals surface area (Å²) in [5.74, 6) is -1.76. The summed E-state index contributed by atoms with van der Waals surface area (Å²) >= 11 is 6.55. The lowest BCUT2D eigenvalue weighted by atomic mass is 10.1. The predicted octanol–water partition coefficient (Wildman–Crippen LogP) is 3.63. The lowest BCUT2D eigenvalue weighted by Crippen LogP contribution is -2.18. The van der Waals surface area contributed by atoms with Crippen molar-refractivity contribution in [3.05, 3.63) is 45.4 Å². The quantitative estimate of drug-likeness (QED) is 0.740. The summed E-state index contributed by atoms with van der Waals surface area (Å²) in [6, 6.07) is 2.52. The number of thiazole rings is 1. The van der Waals surface area contributed by atoms with Gasteiger partial charge in [0.05, 0.1) is 16.0 Å². The molecule has 1 N–H and O–H groups in total. The van der Waals surface area contributed by atoms with Crippen LogP contribution in [-0.2, 0) is 32.8 Å².